The molecule has 0 aromatic heterocycles. The van der Waals surface area contributed by atoms with Crippen LogP contribution in [0.25, 0.3) is 0 Å². The SMILES string of the molecule is CC1(CCC#N)CCC2(CC1)OCCO2. The molecule has 1 saturated heterocycles. The van der Waals surface area contributed by atoms with Gasteiger partial charge in [-0.3, -0.25) is 0 Å². The van der Waals surface area contributed by atoms with Gasteiger partial charge in [-0.15, -0.1) is 0 Å². The van der Waals surface area contributed by atoms with Crippen molar-refractivity contribution in [3.8, 4) is 6.07 Å². The molecular weight excluding hydrogens is 190 g/mol. The third-order valence-corrected chi connectivity index (χ3v) is 3.87. The molecule has 0 bridgehead atoms. The lowest BCUT2D eigenvalue weighted by Crippen LogP contribution is -2.38. The second-order valence-corrected chi connectivity index (χ2v) is 5.08. The summed E-state index contributed by atoms with van der Waals surface area (Å²) < 4.78 is 11.4. The maximum Gasteiger partial charge on any atom is 0.168 e. The van der Waals surface area contributed by atoms with Gasteiger partial charge in [0.2, 0.25) is 0 Å². The van der Waals surface area contributed by atoms with Crippen LogP contribution in [0.3, 0.4) is 0 Å². The molecule has 1 aliphatic heterocycles. The first-order valence-electron chi connectivity index (χ1n) is 5.83. The van der Waals surface area contributed by atoms with Crippen LogP contribution >= 0.6 is 0 Å². The average molecular weight is 209 g/mol. The smallest absolute Gasteiger partial charge is 0.168 e. The van der Waals surface area contributed by atoms with Crippen LogP contribution < -0.4 is 0 Å². The van der Waals surface area contributed by atoms with Crippen molar-refractivity contribution in [2.24, 2.45) is 5.41 Å². The Kier molecular flexibility index (Phi) is 2.99. The maximum absolute atomic E-state index is 8.62. The zero-order valence-corrected chi connectivity index (χ0v) is 9.42. The molecule has 3 nitrogen and oxygen atoms in total. The second-order valence-electron chi connectivity index (χ2n) is 5.08. The van der Waals surface area contributed by atoms with Crippen LogP contribution in [0.1, 0.15) is 45.4 Å². The van der Waals surface area contributed by atoms with Crippen molar-refractivity contribution in [1.82, 2.24) is 0 Å². The molecule has 2 fully saturated rings. The minimum absolute atomic E-state index is 0.258. The van der Waals surface area contributed by atoms with Crippen molar-refractivity contribution in [1.29, 1.82) is 5.26 Å². The predicted octanol–water partition coefficient (Wildman–Crippen LogP) is 2.61. The molecule has 2 aliphatic rings. The van der Waals surface area contributed by atoms with Crippen LogP contribution in [0.2, 0.25) is 0 Å². The summed E-state index contributed by atoms with van der Waals surface area (Å²) in [4.78, 5) is 0. The Morgan fingerprint density at radius 1 is 1.13 bits per heavy atom. The van der Waals surface area contributed by atoms with E-state index in [4.69, 9.17) is 14.7 Å². The van der Waals surface area contributed by atoms with Gasteiger partial charge in [-0.1, -0.05) is 6.92 Å². The van der Waals surface area contributed by atoms with E-state index in [1.165, 1.54) is 0 Å². The van der Waals surface area contributed by atoms with Crippen LogP contribution in [0, 0.1) is 16.7 Å². The molecule has 1 aliphatic carbocycles. The number of nitriles is 1. The maximum atomic E-state index is 8.62. The molecule has 0 N–H and O–H groups in total. The topological polar surface area (TPSA) is 42.2 Å². The van der Waals surface area contributed by atoms with Crippen molar-refractivity contribution in [2.45, 2.75) is 51.2 Å². The Bertz CT molecular complexity index is 253. The van der Waals surface area contributed by atoms with E-state index in [0.29, 0.717) is 11.8 Å². The van der Waals surface area contributed by atoms with Gasteiger partial charge in [0.25, 0.3) is 0 Å². The molecule has 0 amide bonds. The van der Waals surface area contributed by atoms with Gasteiger partial charge in [0, 0.05) is 19.3 Å². The molecule has 0 aromatic carbocycles. The predicted molar refractivity (Wildman–Crippen MR) is 56.1 cm³/mol. The lowest BCUT2D eigenvalue weighted by molar-refractivity contribution is -0.190. The third-order valence-electron chi connectivity index (χ3n) is 3.87. The van der Waals surface area contributed by atoms with Gasteiger partial charge >= 0.3 is 0 Å². The van der Waals surface area contributed by atoms with Crippen molar-refractivity contribution < 1.29 is 9.47 Å². The molecule has 0 unspecified atom stereocenters. The highest BCUT2D eigenvalue weighted by Gasteiger charge is 2.43. The lowest BCUT2D eigenvalue weighted by Gasteiger charge is -2.41. The van der Waals surface area contributed by atoms with Gasteiger partial charge in [0.15, 0.2) is 5.79 Å². The summed E-state index contributed by atoms with van der Waals surface area (Å²) in [6, 6.07) is 2.24. The van der Waals surface area contributed by atoms with E-state index in [-0.39, 0.29) is 5.79 Å². The molecular formula is C12H19NO2. The summed E-state index contributed by atoms with van der Waals surface area (Å²) in [6.07, 6.45) is 5.91. The van der Waals surface area contributed by atoms with Crippen LogP contribution in [0.4, 0.5) is 0 Å². The van der Waals surface area contributed by atoms with E-state index in [1.807, 2.05) is 0 Å². The number of hydrogen-bond acceptors (Lipinski definition) is 3. The molecule has 15 heavy (non-hydrogen) atoms. The summed E-state index contributed by atoms with van der Waals surface area (Å²) >= 11 is 0. The van der Waals surface area contributed by atoms with E-state index >= 15 is 0 Å². The Hall–Kier alpha value is -0.590. The number of rotatable bonds is 2. The van der Waals surface area contributed by atoms with Gasteiger partial charge < -0.3 is 9.47 Å². The van der Waals surface area contributed by atoms with Crippen molar-refractivity contribution in [3.63, 3.8) is 0 Å². The average Bonchev–Trinajstić information content (AvgIpc) is 2.70. The van der Waals surface area contributed by atoms with Gasteiger partial charge in [0.1, 0.15) is 0 Å². The molecule has 2 rings (SSSR count). The second kappa shape index (κ2) is 4.11. The highest BCUT2D eigenvalue weighted by molar-refractivity contribution is 4.90. The fourth-order valence-electron chi connectivity index (χ4n) is 2.63. The first-order chi connectivity index (χ1) is 7.18. The van der Waals surface area contributed by atoms with E-state index < -0.39 is 0 Å². The first-order valence-corrected chi connectivity index (χ1v) is 5.83. The number of hydrogen-bond donors (Lipinski definition) is 0. The zero-order valence-electron chi connectivity index (χ0n) is 9.42. The van der Waals surface area contributed by atoms with Gasteiger partial charge in [-0.05, 0) is 24.7 Å². The molecule has 84 valence electrons. The summed E-state index contributed by atoms with van der Waals surface area (Å²) in [5.74, 6) is -0.258. The van der Waals surface area contributed by atoms with Crippen molar-refractivity contribution >= 4 is 0 Å². The molecule has 0 radical (unpaired) electrons. The molecule has 3 heteroatoms. The largest absolute Gasteiger partial charge is 0.348 e. The Balaban J connectivity index is 1.88. The monoisotopic (exact) mass is 209 g/mol. The minimum Gasteiger partial charge on any atom is -0.348 e. The molecule has 1 heterocycles. The van der Waals surface area contributed by atoms with Crippen LogP contribution in [0.15, 0.2) is 0 Å². The molecule has 1 saturated carbocycles. The molecule has 0 atom stereocenters. The van der Waals surface area contributed by atoms with Crippen LogP contribution in [0.5, 0.6) is 0 Å². The number of ether oxygens (including phenoxy) is 2. The number of nitrogens with zero attached hydrogens (tertiary/aromatic N) is 1. The highest BCUT2D eigenvalue weighted by Crippen LogP contribution is 2.46. The Morgan fingerprint density at radius 2 is 1.73 bits per heavy atom. The van der Waals surface area contributed by atoms with E-state index in [9.17, 15) is 0 Å². The minimum atomic E-state index is -0.258. The summed E-state index contributed by atoms with van der Waals surface area (Å²) in [5, 5.41) is 8.62. The van der Waals surface area contributed by atoms with Gasteiger partial charge in [0.05, 0.1) is 19.3 Å². The standard InChI is InChI=1S/C12H19NO2/c1-11(3-2-8-13)4-6-12(7-5-11)14-9-10-15-12/h2-7,9-10H2,1H3. The van der Waals surface area contributed by atoms with Crippen LogP contribution in [-0.4, -0.2) is 19.0 Å². The molecule has 1 spiro atoms. The highest BCUT2D eigenvalue weighted by atomic mass is 16.7. The van der Waals surface area contributed by atoms with Gasteiger partial charge in [-0.25, -0.2) is 0 Å². The zero-order chi connectivity index (χ0) is 10.8. The Labute approximate surface area is 91.4 Å². The summed E-state index contributed by atoms with van der Waals surface area (Å²) in [5.41, 5.74) is 0.330. The van der Waals surface area contributed by atoms with E-state index in [1.54, 1.807) is 0 Å². The normalized spacial score (nSPS) is 27.7. The van der Waals surface area contributed by atoms with Crippen molar-refractivity contribution in [2.75, 3.05) is 13.2 Å². The summed E-state index contributed by atoms with van der Waals surface area (Å²) in [6.45, 7) is 3.77. The lowest BCUT2D eigenvalue weighted by atomic mass is 9.71. The first kappa shape index (κ1) is 10.9. The fourth-order valence-corrected chi connectivity index (χ4v) is 2.63. The van der Waals surface area contributed by atoms with E-state index in [0.717, 1.165) is 45.3 Å². The van der Waals surface area contributed by atoms with Crippen LogP contribution in [-0.2, 0) is 9.47 Å². The fraction of sp³-hybridized carbons (Fsp3) is 0.917. The quantitative estimate of drug-likeness (QED) is 0.702. The van der Waals surface area contributed by atoms with E-state index in [2.05, 4.69) is 13.0 Å². The van der Waals surface area contributed by atoms with Crippen molar-refractivity contribution in [3.05, 3.63) is 0 Å². The van der Waals surface area contributed by atoms with Gasteiger partial charge in [-0.2, -0.15) is 5.26 Å². The summed E-state index contributed by atoms with van der Waals surface area (Å²) in [7, 11) is 0. The molecule has 0 aromatic rings. The Morgan fingerprint density at radius 3 is 2.27 bits per heavy atom. The third kappa shape index (κ3) is 2.32.